The van der Waals surface area contributed by atoms with Crippen LogP contribution in [0.15, 0.2) is 54.6 Å². The van der Waals surface area contributed by atoms with E-state index in [2.05, 4.69) is 5.32 Å². The summed E-state index contributed by atoms with van der Waals surface area (Å²) >= 11 is 0. The molecule has 3 rings (SSSR count). The van der Waals surface area contributed by atoms with Crippen LogP contribution >= 0.6 is 0 Å². The van der Waals surface area contributed by atoms with Gasteiger partial charge in [0.05, 0.1) is 18.8 Å². The maximum atomic E-state index is 12.5. The van der Waals surface area contributed by atoms with E-state index in [0.717, 1.165) is 0 Å². The molecule has 0 atom stereocenters. The summed E-state index contributed by atoms with van der Waals surface area (Å²) in [4.78, 5) is 27.9. The number of ether oxygens (including phenoxy) is 2. The molecule has 0 radical (unpaired) electrons. The normalized spacial score (nSPS) is 14.4. The summed E-state index contributed by atoms with van der Waals surface area (Å²) in [6.07, 6.45) is -0.293. The second-order valence-electron chi connectivity index (χ2n) is 6.42. The number of rotatable bonds is 6. The fourth-order valence-electron chi connectivity index (χ4n) is 2.97. The Morgan fingerprint density at radius 2 is 1.64 bits per heavy atom. The standard InChI is InChI=1S/C21H25N3O4/c1-2-27-21(26)24-14-12-23(13-15-24)16-20(25)22-18-10-6-7-11-19(18)28-17-8-4-3-5-9-17/h3-11H,2,12-16H2,1H3,(H,22,25). The van der Waals surface area contributed by atoms with E-state index in [-0.39, 0.29) is 18.5 Å². The molecule has 0 aliphatic carbocycles. The number of nitrogens with zero attached hydrogens (tertiary/aromatic N) is 2. The van der Waals surface area contributed by atoms with Gasteiger partial charge in [-0.05, 0) is 31.2 Å². The lowest BCUT2D eigenvalue weighted by atomic mass is 10.2. The van der Waals surface area contributed by atoms with Crippen molar-refractivity contribution in [1.29, 1.82) is 0 Å². The van der Waals surface area contributed by atoms with Crippen LogP contribution < -0.4 is 10.1 Å². The number of piperazine rings is 1. The van der Waals surface area contributed by atoms with Gasteiger partial charge >= 0.3 is 6.09 Å². The first-order chi connectivity index (χ1) is 13.7. The van der Waals surface area contributed by atoms with Gasteiger partial charge in [0, 0.05) is 26.2 Å². The Morgan fingerprint density at radius 1 is 0.964 bits per heavy atom. The fraction of sp³-hybridized carbons (Fsp3) is 0.333. The molecule has 0 aromatic heterocycles. The van der Waals surface area contributed by atoms with Crippen LogP contribution in [0.25, 0.3) is 0 Å². The molecule has 148 valence electrons. The Bertz CT molecular complexity index is 789. The summed E-state index contributed by atoms with van der Waals surface area (Å²) in [5.74, 6) is 1.18. The molecule has 1 saturated heterocycles. The molecule has 1 fully saturated rings. The highest BCUT2D eigenvalue weighted by Crippen LogP contribution is 2.29. The van der Waals surface area contributed by atoms with Gasteiger partial charge in [0.25, 0.3) is 0 Å². The molecule has 2 amide bonds. The summed E-state index contributed by atoms with van der Waals surface area (Å²) in [6, 6.07) is 16.8. The zero-order valence-electron chi connectivity index (χ0n) is 16.0. The molecule has 1 aliphatic heterocycles. The predicted octanol–water partition coefficient (Wildman–Crippen LogP) is 3.19. The molecule has 1 aliphatic rings. The number of carbonyl (C=O) groups is 2. The minimum absolute atomic E-state index is 0.117. The average molecular weight is 383 g/mol. The average Bonchev–Trinajstić information content (AvgIpc) is 2.71. The molecule has 2 aromatic rings. The van der Waals surface area contributed by atoms with Crippen LogP contribution in [-0.4, -0.2) is 61.1 Å². The smallest absolute Gasteiger partial charge is 0.409 e. The summed E-state index contributed by atoms with van der Waals surface area (Å²) in [6.45, 7) is 4.79. The van der Waals surface area contributed by atoms with Crippen molar-refractivity contribution in [2.24, 2.45) is 0 Å². The fourth-order valence-corrected chi connectivity index (χ4v) is 2.97. The van der Waals surface area contributed by atoms with E-state index in [9.17, 15) is 9.59 Å². The second-order valence-corrected chi connectivity index (χ2v) is 6.42. The van der Waals surface area contributed by atoms with E-state index in [0.29, 0.717) is 50.0 Å². The lowest BCUT2D eigenvalue weighted by Crippen LogP contribution is -2.50. The van der Waals surface area contributed by atoms with E-state index in [1.807, 2.05) is 59.5 Å². The topological polar surface area (TPSA) is 71.1 Å². The van der Waals surface area contributed by atoms with Crippen molar-refractivity contribution in [3.05, 3.63) is 54.6 Å². The number of carbonyl (C=O) groups excluding carboxylic acids is 2. The van der Waals surface area contributed by atoms with Crippen molar-refractivity contribution in [3.63, 3.8) is 0 Å². The Kier molecular flexibility index (Phi) is 6.86. The van der Waals surface area contributed by atoms with E-state index >= 15 is 0 Å². The quantitative estimate of drug-likeness (QED) is 0.830. The third kappa shape index (κ3) is 5.47. The predicted molar refractivity (Wildman–Crippen MR) is 107 cm³/mol. The second kappa shape index (κ2) is 9.75. The van der Waals surface area contributed by atoms with E-state index in [1.165, 1.54) is 0 Å². The minimum atomic E-state index is -0.293. The Morgan fingerprint density at radius 3 is 2.36 bits per heavy atom. The van der Waals surface area contributed by atoms with Crippen LogP contribution in [-0.2, 0) is 9.53 Å². The molecular weight excluding hydrogens is 358 g/mol. The SMILES string of the molecule is CCOC(=O)N1CCN(CC(=O)Nc2ccccc2Oc2ccccc2)CC1. The number of benzene rings is 2. The van der Waals surface area contributed by atoms with Gasteiger partial charge in [-0.1, -0.05) is 30.3 Å². The third-order valence-corrected chi connectivity index (χ3v) is 4.40. The summed E-state index contributed by atoms with van der Waals surface area (Å²) < 4.78 is 10.9. The van der Waals surface area contributed by atoms with Crippen LogP contribution in [0.3, 0.4) is 0 Å². The summed E-state index contributed by atoms with van der Waals surface area (Å²) in [5, 5.41) is 2.92. The van der Waals surface area contributed by atoms with Crippen LogP contribution in [0.5, 0.6) is 11.5 Å². The van der Waals surface area contributed by atoms with Crippen molar-refractivity contribution in [1.82, 2.24) is 9.80 Å². The molecule has 0 saturated carbocycles. The number of hydrogen-bond acceptors (Lipinski definition) is 5. The van der Waals surface area contributed by atoms with E-state index < -0.39 is 0 Å². The van der Waals surface area contributed by atoms with Crippen molar-refractivity contribution in [3.8, 4) is 11.5 Å². The zero-order chi connectivity index (χ0) is 19.8. The molecule has 0 unspecified atom stereocenters. The largest absolute Gasteiger partial charge is 0.455 e. The number of nitrogens with one attached hydrogen (secondary N) is 1. The Hall–Kier alpha value is -3.06. The first-order valence-electron chi connectivity index (χ1n) is 9.41. The van der Waals surface area contributed by atoms with Crippen molar-refractivity contribution in [2.45, 2.75) is 6.92 Å². The molecule has 0 bridgehead atoms. The van der Waals surface area contributed by atoms with Gasteiger partial charge in [-0.2, -0.15) is 0 Å². The molecule has 1 N–H and O–H groups in total. The minimum Gasteiger partial charge on any atom is -0.455 e. The molecule has 7 nitrogen and oxygen atoms in total. The lowest BCUT2D eigenvalue weighted by molar-refractivity contribution is -0.117. The van der Waals surface area contributed by atoms with Crippen molar-refractivity contribution < 1.29 is 19.1 Å². The molecule has 28 heavy (non-hydrogen) atoms. The van der Waals surface area contributed by atoms with Crippen LogP contribution in [0.1, 0.15) is 6.92 Å². The number of amides is 2. The van der Waals surface area contributed by atoms with Gasteiger partial charge in [0.2, 0.25) is 5.91 Å². The molecule has 2 aromatic carbocycles. The summed E-state index contributed by atoms with van der Waals surface area (Å²) in [5.41, 5.74) is 0.626. The van der Waals surface area contributed by atoms with E-state index in [1.54, 1.807) is 11.8 Å². The number of hydrogen-bond donors (Lipinski definition) is 1. The van der Waals surface area contributed by atoms with Crippen LogP contribution in [0, 0.1) is 0 Å². The number of anilines is 1. The van der Waals surface area contributed by atoms with Gasteiger partial charge in [0.1, 0.15) is 5.75 Å². The van der Waals surface area contributed by atoms with Crippen LogP contribution in [0.4, 0.5) is 10.5 Å². The highest BCUT2D eigenvalue weighted by atomic mass is 16.6. The maximum absolute atomic E-state index is 12.5. The maximum Gasteiger partial charge on any atom is 0.409 e. The molecular formula is C21H25N3O4. The molecule has 1 heterocycles. The Labute approximate surface area is 164 Å². The Balaban J connectivity index is 1.52. The highest BCUT2D eigenvalue weighted by molar-refractivity contribution is 5.93. The number of para-hydroxylation sites is 3. The summed E-state index contributed by atoms with van der Waals surface area (Å²) in [7, 11) is 0. The lowest BCUT2D eigenvalue weighted by Gasteiger charge is -2.33. The van der Waals surface area contributed by atoms with Gasteiger partial charge in [-0.3, -0.25) is 9.69 Å². The van der Waals surface area contributed by atoms with E-state index in [4.69, 9.17) is 9.47 Å². The van der Waals surface area contributed by atoms with Gasteiger partial charge in [-0.25, -0.2) is 4.79 Å². The first kappa shape index (κ1) is 19.7. The molecule has 0 spiro atoms. The molecule has 7 heteroatoms. The van der Waals surface area contributed by atoms with Gasteiger partial charge in [0.15, 0.2) is 5.75 Å². The van der Waals surface area contributed by atoms with Gasteiger partial charge in [-0.15, -0.1) is 0 Å². The van der Waals surface area contributed by atoms with Crippen LogP contribution in [0.2, 0.25) is 0 Å². The zero-order valence-corrected chi connectivity index (χ0v) is 16.0. The first-order valence-corrected chi connectivity index (χ1v) is 9.41. The monoisotopic (exact) mass is 383 g/mol. The van der Waals surface area contributed by atoms with Gasteiger partial charge < -0.3 is 19.7 Å². The third-order valence-electron chi connectivity index (χ3n) is 4.40. The highest BCUT2D eigenvalue weighted by Gasteiger charge is 2.23. The van der Waals surface area contributed by atoms with Crippen molar-refractivity contribution in [2.75, 3.05) is 44.6 Å². The van der Waals surface area contributed by atoms with Crippen molar-refractivity contribution >= 4 is 17.7 Å².